The van der Waals surface area contributed by atoms with Crippen LogP contribution in [0.3, 0.4) is 0 Å². The van der Waals surface area contributed by atoms with Crippen LogP contribution in [0.2, 0.25) is 0 Å². The molecule has 1 aromatic heterocycles. The van der Waals surface area contributed by atoms with Crippen LogP contribution < -0.4 is 10.6 Å². The molecule has 0 aliphatic carbocycles. The Labute approximate surface area is 104 Å². The highest BCUT2D eigenvalue weighted by atomic mass is 16.5. The molecule has 0 aromatic carbocycles. The van der Waals surface area contributed by atoms with Crippen molar-refractivity contribution in [3.05, 3.63) is 11.7 Å². The maximum atomic E-state index is 11.5. The van der Waals surface area contributed by atoms with Gasteiger partial charge in [0.2, 0.25) is 5.89 Å². The van der Waals surface area contributed by atoms with Gasteiger partial charge in [0.05, 0.1) is 13.0 Å². The third-order valence-electron chi connectivity index (χ3n) is 2.02. The van der Waals surface area contributed by atoms with Gasteiger partial charge in [0.25, 0.3) is 0 Å². The minimum absolute atomic E-state index is 0.117. The van der Waals surface area contributed by atoms with Gasteiger partial charge in [0, 0.05) is 12.5 Å². The van der Waals surface area contributed by atoms with Gasteiger partial charge in [0.1, 0.15) is 0 Å². The van der Waals surface area contributed by atoms with Crippen LogP contribution in [0.4, 0.5) is 4.79 Å². The summed E-state index contributed by atoms with van der Waals surface area (Å²) in [5, 5.41) is 17.3. The number of aliphatic carboxylic acids is 1. The second kappa shape index (κ2) is 5.48. The number of amides is 2. The fourth-order valence-electron chi connectivity index (χ4n) is 1.35. The number of aryl methyl sites for hydroxylation is 1. The number of carboxylic acid groups (broad SMARTS) is 1. The van der Waals surface area contributed by atoms with Gasteiger partial charge in [-0.1, -0.05) is 5.16 Å². The van der Waals surface area contributed by atoms with Crippen molar-refractivity contribution in [2.75, 3.05) is 0 Å². The first-order valence-electron chi connectivity index (χ1n) is 5.35. The molecule has 1 rings (SSSR count). The summed E-state index contributed by atoms with van der Waals surface area (Å²) in [4.78, 5) is 26.0. The highest BCUT2D eigenvalue weighted by Gasteiger charge is 2.23. The number of hydrogen-bond acceptors (Lipinski definition) is 5. The topological polar surface area (TPSA) is 117 Å². The highest BCUT2D eigenvalue weighted by molar-refractivity contribution is 5.76. The van der Waals surface area contributed by atoms with Crippen molar-refractivity contribution in [1.82, 2.24) is 20.8 Å². The van der Waals surface area contributed by atoms with Crippen LogP contribution in [-0.2, 0) is 11.3 Å². The largest absolute Gasteiger partial charge is 0.481 e. The molecule has 8 heteroatoms. The Bertz CT molecular complexity index is 441. The summed E-state index contributed by atoms with van der Waals surface area (Å²) < 4.78 is 4.74. The summed E-state index contributed by atoms with van der Waals surface area (Å²) >= 11 is 0. The molecule has 0 bridgehead atoms. The summed E-state index contributed by atoms with van der Waals surface area (Å²) in [5.74, 6) is -0.203. The lowest BCUT2D eigenvalue weighted by molar-refractivity contribution is -0.138. The zero-order valence-corrected chi connectivity index (χ0v) is 10.5. The van der Waals surface area contributed by atoms with E-state index >= 15 is 0 Å². The highest BCUT2D eigenvalue weighted by Crippen LogP contribution is 2.07. The van der Waals surface area contributed by atoms with Gasteiger partial charge in [-0.2, -0.15) is 4.98 Å². The maximum Gasteiger partial charge on any atom is 0.315 e. The van der Waals surface area contributed by atoms with Crippen LogP contribution >= 0.6 is 0 Å². The van der Waals surface area contributed by atoms with E-state index in [-0.39, 0.29) is 13.0 Å². The van der Waals surface area contributed by atoms with E-state index in [1.807, 2.05) is 0 Å². The molecule has 0 atom stereocenters. The Hall–Kier alpha value is -2.12. The van der Waals surface area contributed by atoms with E-state index in [4.69, 9.17) is 9.63 Å². The molecular weight excluding hydrogens is 240 g/mol. The lowest BCUT2D eigenvalue weighted by Crippen LogP contribution is -2.49. The van der Waals surface area contributed by atoms with Gasteiger partial charge in [-0.05, 0) is 13.8 Å². The van der Waals surface area contributed by atoms with E-state index in [9.17, 15) is 9.59 Å². The van der Waals surface area contributed by atoms with Gasteiger partial charge >= 0.3 is 12.0 Å². The average Bonchev–Trinajstić information content (AvgIpc) is 2.58. The molecule has 2 amide bonds. The lowest BCUT2D eigenvalue weighted by Gasteiger charge is -2.24. The number of aromatic nitrogens is 2. The monoisotopic (exact) mass is 256 g/mol. The van der Waals surface area contributed by atoms with E-state index in [1.54, 1.807) is 20.8 Å². The number of carbonyl (C=O) groups is 2. The lowest BCUT2D eigenvalue weighted by atomic mass is 10.0. The number of hydrogen-bond donors (Lipinski definition) is 3. The maximum absolute atomic E-state index is 11.5. The first-order valence-corrected chi connectivity index (χ1v) is 5.35. The summed E-state index contributed by atoms with van der Waals surface area (Å²) in [7, 11) is 0. The van der Waals surface area contributed by atoms with Crippen molar-refractivity contribution in [2.45, 2.75) is 39.3 Å². The predicted octanol–water partition coefficient (Wildman–Crippen LogP) is 0.431. The molecule has 3 N–H and O–H groups in total. The summed E-state index contributed by atoms with van der Waals surface area (Å²) in [5.41, 5.74) is -0.830. The van der Waals surface area contributed by atoms with Crippen LogP contribution in [0.1, 0.15) is 32.0 Å². The number of carboxylic acids is 1. The second-order valence-corrected chi connectivity index (χ2v) is 4.49. The standard InChI is InChI=1S/C10H16N4O4/c1-6-12-7(14-18-6)5-11-9(17)13-10(2,3)4-8(15)16/h4-5H2,1-3H3,(H,15,16)(H2,11,13,17). The number of urea groups is 1. The predicted molar refractivity (Wildman–Crippen MR) is 60.7 cm³/mol. The van der Waals surface area contributed by atoms with Crippen LogP contribution in [0.5, 0.6) is 0 Å². The van der Waals surface area contributed by atoms with Crippen molar-refractivity contribution in [3.8, 4) is 0 Å². The molecule has 8 nitrogen and oxygen atoms in total. The molecule has 0 radical (unpaired) electrons. The SMILES string of the molecule is Cc1nc(CNC(=O)NC(C)(C)CC(=O)O)no1. The zero-order chi connectivity index (χ0) is 13.8. The van der Waals surface area contributed by atoms with Crippen LogP contribution in [0.25, 0.3) is 0 Å². The van der Waals surface area contributed by atoms with Gasteiger partial charge in [-0.3, -0.25) is 4.79 Å². The molecular formula is C10H16N4O4. The minimum atomic E-state index is -0.978. The van der Waals surface area contributed by atoms with Gasteiger partial charge < -0.3 is 20.3 Å². The molecule has 0 spiro atoms. The Morgan fingerprint density at radius 1 is 1.44 bits per heavy atom. The second-order valence-electron chi connectivity index (χ2n) is 4.49. The molecule has 0 aliphatic rings. The van der Waals surface area contributed by atoms with Gasteiger partial charge in [-0.25, -0.2) is 4.79 Å². The minimum Gasteiger partial charge on any atom is -0.481 e. The summed E-state index contributed by atoms with van der Waals surface area (Å²) in [6.07, 6.45) is -0.165. The van der Waals surface area contributed by atoms with Crippen molar-refractivity contribution in [1.29, 1.82) is 0 Å². The molecule has 1 aromatic rings. The first-order chi connectivity index (χ1) is 8.28. The summed E-state index contributed by atoms with van der Waals surface area (Å²) in [6.45, 7) is 5.01. The number of nitrogens with zero attached hydrogens (tertiary/aromatic N) is 2. The van der Waals surface area contributed by atoms with Crippen molar-refractivity contribution in [3.63, 3.8) is 0 Å². The zero-order valence-electron chi connectivity index (χ0n) is 10.5. The number of nitrogens with one attached hydrogen (secondary N) is 2. The van der Waals surface area contributed by atoms with E-state index in [0.29, 0.717) is 11.7 Å². The van der Waals surface area contributed by atoms with Crippen LogP contribution in [0, 0.1) is 6.92 Å². The van der Waals surface area contributed by atoms with Crippen LogP contribution in [0.15, 0.2) is 4.52 Å². The molecule has 0 unspecified atom stereocenters. The molecule has 18 heavy (non-hydrogen) atoms. The van der Waals surface area contributed by atoms with E-state index in [1.165, 1.54) is 0 Å². The van der Waals surface area contributed by atoms with E-state index in [2.05, 4.69) is 20.8 Å². The first kappa shape index (κ1) is 13.9. The fourth-order valence-corrected chi connectivity index (χ4v) is 1.35. The molecule has 1 heterocycles. The van der Waals surface area contributed by atoms with E-state index < -0.39 is 17.5 Å². The quantitative estimate of drug-likeness (QED) is 0.703. The third-order valence-corrected chi connectivity index (χ3v) is 2.02. The molecule has 0 fully saturated rings. The Balaban J connectivity index is 2.39. The Kier molecular flexibility index (Phi) is 4.24. The Morgan fingerprint density at radius 3 is 2.61 bits per heavy atom. The molecule has 0 saturated heterocycles. The molecule has 0 saturated carbocycles. The normalized spacial score (nSPS) is 11.1. The smallest absolute Gasteiger partial charge is 0.315 e. The third kappa shape index (κ3) is 4.81. The molecule has 0 aliphatic heterocycles. The summed E-state index contributed by atoms with van der Waals surface area (Å²) in [6, 6.07) is -0.483. The van der Waals surface area contributed by atoms with Crippen molar-refractivity contribution < 1.29 is 19.2 Å². The number of rotatable bonds is 5. The van der Waals surface area contributed by atoms with Gasteiger partial charge in [-0.15, -0.1) is 0 Å². The average molecular weight is 256 g/mol. The fraction of sp³-hybridized carbons (Fsp3) is 0.600. The van der Waals surface area contributed by atoms with Crippen molar-refractivity contribution >= 4 is 12.0 Å². The molecule has 100 valence electrons. The van der Waals surface area contributed by atoms with Crippen molar-refractivity contribution in [2.24, 2.45) is 0 Å². The van der Waals surface area contributed by atoms with E-state index in [0.717, 1.165) is 0 Å². The Morgan fingerprint density at radius 2 is 2.11 bits per heavy atom. The van der Waals surface area contributed by atoms with Gasteiger partial charge in [0.15, 0.2) is 5.82 Å². The number of carbonyl (C=O) groups excluding carboxylic acids is 1. The van der Waals surface area contributed by atoms with Crippen LogP contribution in [-0.4, -0.2) is 32.8 Å².